The molecule has 4 aromatic rings. The Morgan fingerprint density at radius 1 is 1.22 bits per heavy atom. The molecule has 0 saturated carbocycles. The van der Waals surface area contributed by atoms with Gasteiger partial charge in [-0.15, -0.1) is 11.3 Å². The van der Waals surface area contributed by atoms with E-state index in [2.05, 4.69) is 15.0 Å². The molecule has 0 aliphatic carbocycles. The van der Waals surface area contributed by atoms with Crippen LogP contribution in [0, 0.1) is 5.92 Å². The molecule has 0 aliphatic heterocycles. The van der Waals surface area contributed by atoms with Crippen molar-refractivity contribution in [2.75, 3.05) is 11.5 Å². The summed E-state index contributed by atoms with van der Waals surface area (Å²) in [5.74, 6) is -0.507. The van der Waals surface area contributed by atoms with Crippen LogP contribution in [0.4, 0.5) is 5.82 Å². The van der Waals surface area contributed by atoms with E-state index in [1.807, 2.05) is 49.6 Å². The van der Waals surface area contributed by atoms with Crippen molar-refractivity contribution in [1.82, 2.24) is 19.5 Å². The fourth-order valence-electron chi connectivity index (χ4n) is 3.40. The van der Waals surface area contributed by atoms with Gasteiger partial charge < -0.3 is 5.73 Å². The molecule has 8 nitrogen and oxygen atoms in total. The third-order valence-electron chi connectivity index (χ3n) is 4.83. The number of Topliss-reactive ketones (excluding diaryl/α,β-unsaturated/α-hetero) is 1. The maximum absolute atomic E-state index is 13.0. The third-order valence-corrected chi connectivity index (χ3v) is 6.70. The summed E-state index contributed by atoms with van der Waals surface area (Å²) in [6.45, 7) is 4.14. The number of hydrogen-bond acceptors (Lipinski definition) is 8. The highest BCUT2D eigenvalue weighted by atomic mass is 32.2. The number of carbonyl (C=O) groups is 1. The molecule has 164 valence electrons. The Labute approximate surface area is 191 Å². The van der Waals surface area contributed by atoms with Crippen molar-refractivity contribution in [3.05, 3.63) is 68.4 Å². The summed E-state index contributed by atoms with van der Waals surface area (Å²) in [5, 5.41) is 3.53. The van der Waals surface area contributed by atoms with Crippen LogP contribution in [0.25, 0.3) is 21.3 Å². The van der Waals surface area contributed by atoms with E-state index in [4.69, 9.17) is 5.73 Å². The Balaban J connectivity index is 1.67. The summed E-state index contributed by atoms with van der Waals surface area (Å²) in [6, 6.07) is 9.88. The molecule has 3 N–H and O–H groups in total. The molecule has 10 heteroatoms. The van der Waals surface area contributed by atoms with Crippen LogP contribution >= 0.6 is 23.1 Å². The van der Waals surface area contributed by atoms with E-state index in [1.54, 1.807) is 0 Å². The summed E-state index contributed by atoms with van der Waals surface area (Å²) in [4.78, 5) is 49.2. The van der Waals surface area contributed by atoms with E-state index in [0.29, 0.717) is 11.6 Å². The van der Waals surface area contributed by atoms with Crippen molar-refractivity contribution in [1.29, 1.82) is 0 Å². The highest BCUT2D eigenvalue weighted by Gasteiger charge is 2.21. The number of nitrogens with one attached hydrogen (secondary N) is 1. The Hall–Kier alpha value is -3.24. The minimum Gasteiger partial charge on any atom is -0.384 e. The summed E-state index contributed by atoms with van der Waals surface area (Å²) >= 11 is 2.72. The molecule has 3 heterocycles. The van der Waals surface area contributed by atoms with Gasteiger partial charge >= 0.3 is 5.69 Å². The largest absolute Gasteiger partial charge is 0.384 e. The lowest BCUT2D eigenvalue weighted by molar-refractivity contribution is 0.102. The molecule has 0 atom stereocenters. The number of hydrogen-bond donors (Lipinski definition) is 2. The zero-order valence-corrected chi connectivity index (χ0v) is 19.1. The van der Waals surface area contributed by atoms with Crippen molar-refractivity contribution in [3.8, 4) is 11.1 Å². The van der Waals surface area contributed by atoms with Gasteiger partial charge in [-0.3, -0.25) is 19.1 Å². The van der Waals surface area contributed by atoms with Gasteiger partial charge in [0.25, 0.3) is 5.56 Å². The van der Waals surface area contributed by atoms with E-state index in [1.165, 1.54) is 34.0 Å². The molecule has 3 aromatic heterocycles. The van der Waals surface area contributed by atoms with Crippen LogP contribution in [0.15, 0.2) is 56.7 Å². The van der Waals surface area contributed by atoms with Crippen molar-refractivity contribution in [2.45, 2.75) is 25.4 Å². The van der Waals surface area contributed by atoms with Crippen molar-refractivity contribution in [2.24, 2.45) is 5.92 Å². The quantitative estimate of drug-likeness (QED) is 0.242. The lowest BCUT2D eigenvalue weighted by Gasteiger charge is -2.13. The second kappa shape index (κ2) is 9.09. The third kappa shape index (κ3) is 4.23. The molecule has 0 amide bonds. The molecule has 0 fully saturated rings. The number of benzene rings is 1. The van der Waals surface area contributed by atoms with Crippen molar-refractivity contribution in [3.63, 3.8) is 0 Å². The Bertz CT molecular complexity index is 1410. The maximum Gasteiger partial charge on any atom is 0.329 e. The molecular formula is C22H21N5O3S2. The lowest BCUT2D eigenvalue weighted by Crippen LogP contribution is -2.37. The van der Waals surface area contributed by atoms with E-state index in [-0.39, 0.29) is 23.1 Å². The number of nitrogens with two attached hydrogens (primary N) is 1. The normalized spacial score (nSPS) is 11.3. The number of ketones is 1. The monoisotopic (exact) mass is 467 g/mol. The Morgan fingerprint density at radius 3 is 2.69 bits per heavy atom. The number of aromatic nitrogens is 4. The SMILES string of the molecule is CC(C)Cn1c(N)c(C(=O)CSc2ncnc3scc(-c4ccccc4)c23)c(=O)[nH]c1=O. The van der Waals surface area contributed by atoms with Crippen molar-refractivity contribution >= 4 is 44.9 Å². The van der Waals surface area contributed by atoms with Crippen LogP contribution in [-0.4, -0.2) is 31.1 Å². The lowest BCUT2D eigenvalue weighted by atomic mass is 10.1. The highest BCUT2D eigenvalue weighted by molar-refractivity contribution is 8.00. The van der Waals surface area contributed by atoms with Crippen LogP contribution in [-0.2, 0) is 6.54 Å². The first-order valence-electron chi connectivity index (χ1n) is 9.93. The van der Waals surface area contributed by atoms with Gasteiger partial charge in [0.05, 0.1) is 11.1 Å². The number of H-pyrrole nitrogens is 1. The van der Waals surface area contributed by atoms with Gasteiger partial charge in [0.2, 0.25) is 0 Å². The Kier molecular flexibility index (Phi) is 6.24. The average Bonchev–Trinajstić information content (AvgIpc) is 3.20. The molecule has 0 saturated heterocycles. The standard InChI is InChI=1S/C22H21N5O3S2/c1-12(2)8-27-18(23)17(19(29)26-22(27)30)15(28)10-32-21-16-14(13-6-4-3-5-7-13)9-31-20(16)24-11-25-21/h3-7,9,11-12H,8,10,23H2,1-2H3,(H,26,29,30). The molecule has 0 bridgehead atoms. The number of carbonyl (C=O) groups excluding carboxylic acids is 1. The van der Waals surface area contributed by atoms with Gasteiger partial charge in [0, 0.05) is 17.5 Å². The van der Waals surface area contributed by atoms with E-state index >= 15 is 0 Å². The van der Waals surface area contributed by atoms with Crippen LogP contribution < -0.4 is 17.0 Å². The molecule has 0 unspecified atom stereocenters. The Morgan fingerprint density at radius 2 is 1.97 bits per heavy atom. The van der Waals surface area contributed by atoms with Gasteiger partial charge in [-0.25, -0.2) is 14.8 Å². The van der Waals surface area contributed by atoms with E-state index < -0.39 is 17.0 Å². The average molecular weight is 468 g/mol. The molecule has 32 heavy (non-hydrogen) atoms. The molecule has 0 spiro atoms. The second-order valence-corrected chi connectivity index (χ2v) is 9.43. The maximum atomic E-state index is 13.0. The van der Waals surface area contributed by atoms with Gasteiger partial charge in [0.15, 0.2) is 5.78 Å². The predicted octanol–water partition coefficient (Wildman–Crippen LogP) is 3.42. The summed E-state index contributed by atoms with van der Waals surface area (Å²) in [7, 11) is 0. The predicted molar refractivity (Wildman–Crippen MR) is 128 cm³/mol. The molecule has 4 rings (SSSR count). The minimum atomic E-state index is -0.772. The number of aromatic amines is 1. The second-order valence-electron chi connectivity index (χ2n) is 7.61. The number of fused-ring (bicyclic) bond motifs is 1. The van der Waals surface area contributed by atoms with Crippen LogP contribution in [0.5, 0.6) is 0 Å². The zero-order valence-electron chi connectivity index (χ0n) is 17.5. The van der Waals surface area contributed by atoms with Gasteiger partial charge in [-0.2, -0.15) is 0 Å². The fraction of sp³-hybridized carbons (Fsp3) is 0.227. The molecule has 0 radical (unpaired) electrons. The van der Waals surface area contributed by atoms with E-state index in [9.17, 15) is 14.4 Å². The first-order valence-corrected chi connectivity index (χ1v) is 11.8. The van der Waals surface area contributed by atoms with Crippen LogP contribution in [0.2, 0.25) is 0 Å². The summed E-state index contributed by atoms with van der Waals surface area (Å²) in [6.07, 6.45) is 1.46. The van der Waals surface area contributed by atoms with Crippen LogP contribution in [0.1, 0.15) is 24.2 Å². The highest BCUT2D eigenvalue weighted by Crippen LogP contribution is 2.37. The summed E-state index contributed by atoms with van der Waals surface area (Å²) in [5.41, 5.74) is 6.50. The smallest absolute Gasteiger partial charge is 0.329 e. The number of thioether (sulfide) groups is 1. The number of rotatable bonds is 7. The number of nitrogens with zero attached hydrogens (tertiary/aromatic N) is 3. The molecule has 1 aromatic carbocycles. The van der Waals surface area contributed by atoms with Crippen molar-refractivity contribution < 1.29 is 4.79 Å². The van der Waals surface area contributed by atoms with E-state index in [0.717, 1.165) is 21.3 Å². The molecular weight excluding hydrogens is 446 g/mol. The summed E-state index contributed by atoms with van der Waals surface area (Å²) < 4.78 is 1.24. The number of nitrogen functional groups attached to an aromatic ring is 1. The fourth-order valence-corrected chi connectivity index (χ4v) is 5.26. The van der Waals surface area contributed by atoms with Gasteiger partial charge in [0.1, 0.15) is 27.6 Å². The minimum absolute atomic E-state index is 0.0522. The zero-order chi connectivity index (χ0) is 22.8. The first kappa shape index (κ1) is 22.0. The van der Waals surface area contributed by atoms with Crippen LogP contribution in [0.3, 0.4) is 0 Å². The number of thiophene rings is 1. The van der Waals surface area contributed by atoms with Gasteiger partial charge in [-0.1, -0.05) is 55.9 Å². The topological polar surface area (TPSA) is 124 Å². The molecule has 0 aliphatic rings. The first-order chi connectivity index (χ1) is 15.4. The van der Waals surface area contributed by atoms with Gasteiger partial charge in [-0.05, 0) is 11.5 Å². The number of anilines is 1.